The highest BCUT2D eigenvalue weighted by Gasteiger charge is 2.19. The Morgan fingerprint density at radius 2 is 2.00 bits per heavy atom. The number of nitrogen functional groups attached to an aromatic ring is 1. The van der Waals surface area contributed by atoms with Crippen LogP contribution in [0.5, 0.6) is 0 Å². The zero-order chi connectivity index (χ0) is 14.5. The highest BCUT2D eigenvalue weighted by molar-refractivity contribution is 5.99. The van der Waals surface area contributed by atoms with Gasteiger partial charge in [-0.3, -0.25) is 10.6 Å². The van der Waals surface area contributed by atoms with Gasteiger partial charge < -0.3 is 10.7 Å². The summed E-state index contributed by atoms with van der Waals surface area (Å²) >= 11 is 0. The molecule has 4 nitrogen and oxygen atoms in total. The van der Waals surface area contributed by atoms with Crippen molar-refractivity contribution in [3.63, 3.8) is 0 Å². The molecule has 1 fully saturated rings. The molecule has 20 heavy (non-hydrogen) atoms. The number of carbonyl (C=O) groups is 1. The number of carbonyl (C=O) groups excluding carboxylic acids is 1. The predicted octanol–water partition coefficient (Wildman–Crippen LogP) is 2.84. The van der Waals surface area contributed by atoms with Crippen LogP contribution in [0.1, 0.15) is 48.5 Å². The molecule has 0 spiro atoms. The van der Waals surface area contributed by atoms with Crippen molar-refractivity contribution in [2.75, 3.05) is 12.0 Å². The van der Waals surface area contributed by atoms with Crippen molar-refractivity contribution in [2.45, 2.75) is 39.5 Å². The number of hydrogen-bond donors (Lipinski definition) is 3. The standard InChI is InChI=1S/C16H25N3O/c1-11-3-6-13(7-4-11)10-18-16(20)14-9-12(2)5-8-15(14)19-17/h5,8-9,11,13,19H,3-4,6-7,10,17H2,1-2H3,(H,18,20). The molecule has 0 atom stereocenters. The minimum absolute atomic E-state index is 0.0414. The van der Waals surface area contributed by atoms with Gasteiger partial charge in [-0.25, -0.2) is 0 Å². The zero-order valence-corrected chi connectivity index (χ0v) is 12.4. The van der Waals surface area contributed by atoms with Crippen molar-refractivity contribution in [3.8, 4) is 0 Å². The Balaban J connectivity index is 1.93. The molecular weight excluding hydrogens is 250 g/mol. The van der Waals surface area contributed by atoms with Crippen LogP contribution in [0.25, 0.3) is 0 Å². The molecule has 4 heteroatoms. The number of aryl methyl sites for hydroxylation is 1. The van der Waals surface area contributed by atoms with E-state index in [0.29, 0.717) is 17.2 Å². The fourth-order valence-electron chi connectivity index (χ4n) is 2.84. The number of nitrogens with two attached hydrogens (primary N) is 1. The lowest BCUT2D eigenvalue weighted by Gasteiger charge is -2.26. The van der Waals surface area contributed by atoms with Gasteiger partial charge in [-0.2, -0.15) is 0 Å². The maximum absolute atomic E-state index is 12.3. The normalized spacial score (nSPS) is 22.4. The molecule has 1 aliphatic rings. The van der Waals surface area contributed by atoms with Crippen LogP contribution in [0.3, 0.4) is 0 Å². The van der Waals surface area contributed by atoms with Gasteiger partial charge in [-0.15, -0.1) is 0 Å². The topological polar surface area (TPSA) is 67.1 Å². The molecule has 0 radical (unpaired) electrons. The number of benzene rings is 1. The smallest absolute Gasteiger partial charge is 0.253 e. The summed E-state index contributed by atoms with van der Waals surface area (Å²) in [6.45, 7) is 5.05. The van der Waals surface area contributed by atoms with E-state index in [4.69, 9.17) is 5.84 Å². The minimum atomic E-state index is -0.0414. The van der Waals surface area contributed by atoms with Gasteiger partial charge in [-0.05, 0) is 43.7 Å². The molecular formula is C16H25N3O. The minimum Gasteiger partial charge on any atom is -0.352 e. The summed E-state index contributed by atoms with van der Waals surface area (Å²) in [5, 5.41) is 3.05. The first kappa shape index (κ1) is 14.9. The van der Waals surface area contributed by atoms with Gasteiger partial charge in [0.2, 0.25) is 0 Å². The Morgan fingerprint density at radius 1 is 1.30 bits per heavy atom. The Hall–Kier alpha value is -1.55. The molecule has 1 aromatic carbocycles. The van der Waals surface area contributed by atoms with E-state index in [1.54, 1.807) is 0 Å². The van der Waals surface area contributed by atoms with E-state index in [0.717, 1.165) is 18.0 Å². The Labute approximate surface area is 121 Å². The number of rotatable bonds is 4. The maximum Gasteiger partial charge on any atom is 0.253 e. The Bertz CT molecular complexity index is 465. The molecule has 0 unspecified atom stereocenters. The third kappa shape index (κ3) is 3.73. The van der Waals surface area contributed by atoms with Gasteiger partial charge in [0.25, 0.3) is 5.91 Å². The van der Waals surface area contributed by atoms with Crippen LogP contribution in [0, 0.1) is 18.8 Å². The second-order valence-electron chi connectivity index (χ2n) is 6.03. The van der Waals surface area contributed by atoms with Crippen molar-refractivity contribution in [1.29, 1.82) is 0 Å². The summed E-state index contributed by atoms with van der Waals surface area (Å²) in [6, 6.07) is 5.65. The van der Waals surface area contributed by atoms with Crippen molar-refractivity contribution in [3.05, 3.63) is 29.3 Å². The quantitative estimate of drug-likeness (QED) is 0.584. The van der Waals surface area contributed by atoms with Gasteiger partial charge >= 0.3 is 0 Å². The third-order valence-corrected chi connectivity index (χ3v) is 4.26. The van der Waals surface area contributed by atoms with E-state index in [1.165, 1.54) is 25.7 Å². The van der Waals surface area contributed by atoms with Crippen molar-refractivity contribution >= 4 is 11.6 Å². The molecule has 1 amide bonds. The maximum atomic E-state index is 12.3. The van der Waals surface area contributed by atoms with Crippen LogP contribution in [-0.4, -0.2) is 12.5 Å². The van der Waals surface area contributed by atoms with Crippen LogP contribution in [0.15, 0.2) is 18.2 Å². The molecule has 4 N–H and O–H groups in total. The second kappa shape index (κ2) is 6.75. The van der Waals surface area contributed by atoms with Gasteiger partial charge in [0.15, 0.2) is 0 Å². The van der Waals surface area contributed by atoms with Crippen LogP contribution in [0.2, 0.25) is 0 Å². The van der Waals surface area contributed by atoms with E-state index < -0.39 is 0 Å². The largest absolute Gasteiger partial charge is 0.352 e. The lowest BCUT2D eigenvalue weighted by Crippen LogP contribution is -2.31. The Morgan fingerprint density at radius 3 is 2.65 bits per heavy atom. The molecule has 0 aliphatic heterocycles. The van der Waals surface area contributed by atoms with Gasteiger partial charge in [-0.1, -0.05) is 31.4 Å². The van der Waals surface area contributed by atoms with Crippen molar-refractivity contribution in [1.82, 2.24) is 5.32 Å². The number of nitrogens with one attached hydrogen (secondary N) is 2. The SMILES string of the molecule is Cc1ccc(NN)c(C(=O)NCC2CCC(C)CC2)c1. The van der Waals surface area contributed by atoms with E-state index in [-0.39, 0.29) is 5.91 Å². The molecule has 0 aromatic heterocycles. The molecule has 0 saturated heterocycles. The number of anilines is 1. The molecule has 0 bridgehead atoms. The fourth-order valence-corrected chi connectivity index (χ4v) is 2.84. The van der Waals surface area contributed by atoms with Crippen molar-refractivity contribution in [2.24, 2.45) is 17.7 Å². The van der Waals surface area contributed by atoms with E-state index in [9.17, 15) is 4.79 Å². The van der Waals surface area contributed by atoms with Gasteiger partial charge in [0.05, 0.1) is 11.3 Å². The van der Waals surface area contributed by atoms with Gasteiger partial charge in [0.1, 0.15) is 0 Å². The molecule has 0 heterocycles. The first-order chi connectivity index (χ1) is 9.60. The first-order valence-corrected chi connectivity index (χ1v) is 7.45. The monoisotopic (exact) mass is 275 g/mol. The van der Waals surface area contributed by atoms with Gasteiger partial charge in [0, 0.05) is 6.54 Å². The zero-order valence-electron chi connectivity index (χ0n) is 12.4. The fraction of sp³-hybridized carbons (Fsp3) is 0.562. The lowest BCUT2D eigenvalue weighted by atomic mass is 9.83. The second-order valence-corrected chi connectivity index (χ2v) is 6.03. The number of hydrogen-bond acceptors (Lipinski definition) is 3. The molecule has 2 rings (SSSR count). The molecule has 110 valence electrons. The van der Waals surface area contributed by atoms with E-state index in [2.05, 4.69) is 17.7 Å². The average molecular weight is 275 g/mol. The lowest BCUT2D eigenvalue weighted by molar-refractivity contribution is 0.0942. The predicted molar refractivity (Wildman–Crippen MR) is 82.4 cm³/mol. The number of hydrazine groups is 1. The summed E-state index contributed by atoms with van der Waals surface area (Å²) in [4.78, 5) is 12.3. The summed E-state index contributed by atoms with van der Waals surface area (Å²) < 4.78 is 0. The van der Waals surface area contributed by atoms with Crippen molar-refractivity contribution < 1.29 is 4.79 Å². The Kier molecular flexibility index (Phi) is 5.01. The summed E-state index contributed by atoms with van der Waals surface area (Å²) in [6.07, 6.45) is 5.00. The summed E-state index contributed by atoms with van der Waals surface area (Å²) in [5.41, 5.74) is 4.94. The van der Waals surface area contributed by atoms with Crippen LogP contribution in [0.4, 0.5) is 5.69 Å². The summed E-state index contributed by atoms with van der Waals surface area (Å²) in [5.74, 6) is 6.88. The number of amides is 1. The molecule has 1 aliphatic carbocycles. The summed E-state index contributed by atoms with van der Waals surface area (Å²) in [7, 11) is 0. The highest BCUT2D eigenvalue weighted by atomic mass is 16.1. The first-order valence-electron chi connectivity index (χ1n) is 7.45. The molecule has 1 saturated carbocycles. The van der Waals surface area contributed by atoms with Crippen LogP contribution < -0.4 is 16.6 Å². The van der Waals surface area contributed by atoms with E-state index in [1.807, 2.05) is 25.1 Å². The average Bonchev–Trinajstić information content (AvgIpc) is 2.46. The van der Waals surface area contributed by atoms with E-state index >= 15 is 0 Å². The van der Waals surface area contributed by atoms with Crippen LogP contribution >= 0.6 is 0 Å². The third-order valence-electron chi connectivity index (χ3n) is 4.26. The highest BCUT2D eigenvalue weighted by Crippen LogP contribution is 2.27. The molecule has 1 aromatic rings. The van der Waals surface area contributed by atoms with Crippen LogP contribution in [-0.2, 0) is 0 Å².